The van der Waals surface area contributed by atoms with Crippen molar-refractivity contribution in [3.05, 3.63) is 40.8 Å². The number of rotatable bonds is 8. The topological polar surface area (TPSA) is 79.6 Å². The Kier molecular flexibility index (Phi) is 6.49. The van der Waals surface area contributed by atoms with Crippen molar-refractivity contribution >= 4 is 28.5 Å². The summed E-state index contributed by atoms with van der Waals surface area (Å²) in [4.78, 5) is 38.9. The van der Waals surface area contributed by atoms with Crippen LogP contribution in [0.25, 0.3) is 11.0 Å². The molecule has 0 radical (unpaired) electrons. The second-order valence-corrected chi connectivity index (χ2v) is 7.52. The van der Waals surface area contributed by atoms with E-state index in [9.17, 15) is 14.4 Å². The van der Waals surface area contributed by atoms with Gasteiger partial charge >= 0.3 is 5.63 Å². The van der Waals surface area contributed by atoms with Crippen LogP contribution in [0.15, 0.2) is 39.5 Å². The molecule has 150 valence electrons. The molecule has 6 heteroatoms. The lowest BCUT2D eigenvalue weighted by Crippen LogP contribution is -2.47. The number of unbranched alkanes of at least 4 members (excludes halogenated alkanes) is 3. The molecule has 0 bridgehead atoms. The van der Waals surface area contributed by atoms with Gasteiger partial charge in [0.1, 0.15) is 11.6 Å². The van der Waals surface area contributed by atoms with Gasteiger partial charge in [-0.05, 0) is 31.9 Å². The van der Waals surface area contributed by atoms with Crippen LogP contribution in [0.1, 0.15) is 58.8 Å². The Morgan fingerprint density at radius 2 is 2.04 bits per heavy atom. The zero-order valence-corrected chi connectivity index (χ0v) is 16.6. The lowest BCUT2D eigenvalue weighted by atomic mass is 10.1. The van der Waals surface area contributed by atoms with E-state index in [1.54, 1.807) is 18.2 Å². The van der Waals surface area contributed by atoms with E-state index in [-0.39, 0.29) is 24.3 Å². The van der Waals surface area contributed by atoms with Crippen molar-refractivity contribution in [1.82, 2.24) is 5.32 Å². The maximum Gasteiger partial charge on any atom is 0.338 e. The molecular weight excluding hydrogens is 356 g/mol. The summed E-state index contributed by atoms with van der Waals surface area (Å²) in [5.41, 5.74) is 0.329. The van der Waals surface area contributed by atoms with Gasteiger partial charge in [0.15, 0.2) is 0 Å². The third-order valence-electron chi connectivity index (χ3n) is 5.28. The molecule has 1 aromatic carbocycles. The Bertz CT molecular complexity index is 905. The second-order valence-electron chi connectivity index (χ2n) is 7.52. The zero-order valence-electron chi connectivity index (χ0n) is 16.6. The summed E-state index contributed by atoms with van der Waals surface area (Å²) in [6, 6.07) is 7.83. The lowest BCUT2D eigenvalue weighted by molar-refractivity contribution is -0.124. The number of hydrogen-bond donors (Lipinski definition) is 1. The number of carbonyl (C=O) groups is 2. The normalized spacial score (nSPS) is 17.9. The number of para-hydroxylation sites is 1. The minimum atomic E-state index is -0.601. The number of carbonyl (C=O) groups excluding carboxylic acids is 2. The smallest absolute Gasteiger partial charge is 0.338 e. The highest BCUT2D eigenvalue weighted by atomic mass is 16.4. The number of fused-ring (bicyclic) bond motifs is 1. The van der Waals surface area contributed by atoms with Gasteiger partial charge in [-0.1, -0.05) is 44.7 Å². The molecular formula is C22H28N2O4. The number of benzene rings is 1. The molecule has 0 saturated carbocycles. The van der Waals surface area contributed by atoms with Crippen LogP contribution >= 0.6 is 0 Å². The van der Waals surface area contributed by atoms with Crippen molar-refractivity contribution in [3.8, 4) is 0 Å². The van der Waals surface area contributed by atoms with Crippen molar-refractivity contribution in [2.45, 2.75) is 70.9 Å². The summed E-state index contributed by atoms with van der Waals surface area (Å²) in [6.45, 7) is 4.17. The first-order valence-corrected chi connectivity index (χ1v) is 10.2. The molecule has 6 nitrogen and oxygen atoms in total. The van der Waals surface area contributed by atoms with Gasteiger partial charge in [0.25, 0.3) is 0 Å². The first-order chi connectivity index (χ1) is 13.5. The van der Waals surface area contributed by atoms with E-state index in [4.69, 9.17) is 4.42 Å². The molecule has 0 aliphatic carbocycles. The van der Waals surface area contributed by atoms with Crippen LogP contribution in [0.3, 0.4) is 0 Å². The van der Waals surface area contributed by atoms with Crippen LogP contribution < -0.4 is 15.8 Å². The van der Waals surface area contributed by atoms with Crippen molar-refractivity contribution in [3.63, 3.8) is 0 Å². The molecule has 2 atom stereocenters. The molecule has 28 heavy (non-hydrogen) atoms. The predicted molar refractivity (Wildman–Crippen MR) is 109 cm³/mol. The van der Waals surface area contributed by atoms with E-state index >= 15 is 0 Å². The molecule has 2 heterocycles. The van der Waals surface area contributed by atoms with Crippen LogP contribution in [0, 0.1) is 0 Å². The molecule has 1 aliphatic heterocycles. The Morgan fingerprint density at radius 3 is 2.82 bits per heavy atom. The van der Waals surface area contributed by atoms with Crippen LogP contribution in [0.2, 0.25) is 0 Å². The van der Waals surface area contributed by atoms with Crippen LogP contribution in [0.5, 0.6) is 0 Å². The summed E-state index contributed by atoms with van der Waals surface area (Å²) >= 11 is 0. The third kappa shape index (κ3) is 4.43. The van der Waals surface area contributed by atoms with Gasteiger partial charge < -0.3 is 9.73 Å². The molecule has 1 aliphatic rings. The van der Waals surface area contributed by atoms with Crippen LogP contribution in [-0.2, 0) is 9.59 Å². The fourth-order valence-electron chi connectivity index (χ4n) is 3.82. The second kappa shape index (κ2) is 9.04. The Morgan fingerprint density at radius 1 is 1.25 bits per heavy atom. The minimum absolute atomic E-state index is 0.0551. The van der Waals surface area contributed by atoms with Gasteiger partial charge in [-0.25, -0.2) is 4.79 Å². The van der Waals surface area contributed by atoms with Gasteiger partial charge in [0.05, 0.1) is 5.69 Å². The molecule has 3 rings (SSSR count). The standard InChI is InChI=1S/C22H28N2O4/c1-3-4-5-6-9-15(2)23-22(27)17-12-13-20(25)24(17)18-14-21(26)28-19-11-8-7-10-16(18)19/h7-8,10-11,14-15,17H,3-6,9,12-13H2,1-2H3,(H,23,27)/t15-,17+/m1/s1. The highest BCUT2D eigenvalue weighted by Crippen LogP contribution is 2.32. The van der Waals surface area contributed by atoms with Crippen molar-refractivity contribution in [1.29, 1.82) is 0 Å². The first-order valence-electron chi connectivity index (χ1n) is 10.2. The summed E-state index contributed by atoms with van der Waals surface area (Å²) in [5.74, 6) is -0.308. The van der Waals surface area contributed by atoms with E-state index in [0.29, 0.717) is 23.1 Å². The van der Waals surface area contributed by atoms with E-state index in [0.717, 1.165) is 19.3 Å². The molecule has 1 saturated heterocycles. The Hall–Kier alpha value is -2.63. The number of amides is 2. The fourth-order valence-corrected chi connectivity index (χ4v) is 3.82. The van der Waals surface area contributed by atoms with Crippen molar-refractivity contribution in [2.75, 3.05) is 4.90 Å². The number of nitrogens with zero attached hydrogens (tertiary/aromatic N) is 1. The molecule has 2 aromatic rings. The van der Waals surface area contributed by atoms with Gasteiger partial charge in [-0.15, -0.1) is 0 Å². The minimum Gasteiger partial charge on any atom is -0.423 e. The van der Waals surface area contributed by atoms with E-state index < -0.39 is 11.7 Å². The molecule has 0 spiro atoms. The van der Waals surface area contributed by atoms with Crippen molar-refractivity contribution in [2.24, 2.45) is 0 Å². The summed E-state index contributed by atoms with van der Waals surface area (Å²) in [5, 5.41) is 3.70. The SMILES string of the molecule is CCCCCC[C@@H](C)NC(=O)[C@@H]1CCC(=O)N1c1cc(=O)oc2ccccc12. The summed E-state index contributed by atoms with van der Waals surface area (Å²) in [7, 11) is 0. The quantitative estimate of drug-likeness (QED) is 0.555. The average molecular weight is 384 g/mol. The monoisotopic (exact) mass is 384 g/mol. The molecule has 1 fully saturated rings. The summed E-state index contributed by atoms with van der Waals surface area (Å²) < 4.78 is 5.23. The molecule has 2 amide bonds. The number of hydrogen-bond acceptors (Lipinski definition) is 4. The van der Waals surface area contributed by atoms with Gasteiger partial charge in [0.2, 0.25) is 11.8 Å². The predicted octanol–water partition coefficient (Wildman–Crippen LogP) is 3.76. The Labute approximate surface area is 164 Å². The first kappa shape index (κ1) is 20.1. The summed E-state index contributed by atoms with van der Waals surface area (Å²) in [6.07, 6.45) is 6.28. The fraction of sp³-hybridized carbons (Fsp3) is 0.500. The average Bonchev–Trinajstić information content (AvgIpc) is 3.06. The molecule has 0 unspecified atom stereocenters. The van der Waals surface area contributed by atoms with E-state index in [1.165, 1.54) is 23.8 Å². The third-order valence-corrected chi connectivity index (χ3v) is 5.28. The Balaban J connectivity index is 1.79. The largest absolute Gasteiger partial charge is 0.423 e. The van der Waals surface area contributed by atoms with Crippen molar-refractivity contribution < 1.29 is 14.0 Å². The van der Waals surface area contributed by atoms with Gasteiger partial charge in [0, 0.05) is 23.9 Å². The molecule has 1 aromatic heterocycles. The van der Waals surface area contributed by atoms with Gasteiger partial charge in [-0.2, -0.15) is 0 Å². The highest BCUT2D eigenvalue weighted by Gasteiger charge is 2.38. The van der Waals surface area contributed by atoms with Crippen LogP contribution in [-0.4, -0.2) is 23.9 Å². The zero-order chi connectivity index (χ0) is 20.1. The van der Waals surface area contributed by atoms with E-state index in [2.05, 4.69) is 12.2 Å². The maximum atomic E-state index is 12.9. The van der Waals surface area contributed by atoms with Gasteiger partial charge in [-0.3, -0.25) is 14.5 Å². The number of nitrogens with one attached hydrogen (secondary N) is 1. The highest BCUT2D eigenvalue weighted by molar-refractivity contribution is 6.08. The molecule has 1 N–H and O–H groups in total. The van der Waals surface area contributed by atoms with E-state index in [1.807, 2.05) is 13.0 Å². The maximum absolute atomic E-state index is 12.9. The lowest BCUT2D eigenvalue weighted by Gasteiger charge is -2.26. The van der Waals surface area contributed by atoms with Crippen LogP contribution in [0.4, 0.5) is 5.69 Å². The number of anilines is 1.